The van der Waals surface area contributed by atoms with Crippen LogP contribution in [0.1, 0.15) is 17.2 Å². The van der Waals surface area contributed by atoms with Gasteiger partial charge in [0.25, 0.3) is 0 Å². The van der Waals surface area contributed by atoms with Gasteiger partial charge in [0.15, 0.2) is 0 Å². The van der Waals surface area contributed by atoms with E-state index in [2.05, 4.69) is 4.98 Å². The Morgan fingerprint density at radius 3 is 2.93 bits per heavy atom. The summed E-state index contributed by atoms with van der Waals surface area (Å²) in [5.41, 5.74) is 13.7. The molecule has 4 heteroatoms. The van der Waals surface area contributed by atoms with Gasteiger partial charge in [-0.2, -0.15) is 0 Å². The molecule has 2 aromatic heterocycles. The molecule has 78 valence electrons. The molecule has 1 unspecified atom stereocenters. The van der Waals surface area contributed by atoms with Crippen LogP contribution >= 0.6 is 0 Å². The summed E-state index contributed by atoms with van der Waals surface area (Å²) in [5, 5.41) is 0. The number of rotatable bonds is 3. The van der Waals surface area contributed by atoms with E-state index >= 15 is 0 Å². The lowest BCUT2D eigenvalue weighted by Gasteiger charge is -2.09. The van der Waals surface area contributed by atoms with Gasteiger partial charge < -0.3 is 15.9 Å². The summed E-state index contributed by atoms with van der Waals surface area (Å²) in [5.74, 6) is 0.520. The Hall–Kier alpha value is -1.81. The Morgan fingerprint density at radius 2 is 2.27 bits per heavy atom. The first kappa shape index (κ1) is 9.73. The van der Waals surface area contributed by atoms with Crippen LogP contribution in [-0.2, 0) is 6.42 Å². The standard InChI is InChI=1S/C11H13N3O/c12-10(9-2-4-15-7-9)5-8-1-3-14-11(13)6-8/h1-4,6-7,10H,5,12H2,(H2,13,14). The van der Waals surface area contributed by atoms with Crippen molar-refractivity contribution in [3.63, 3.8) is 0 Å². The fourth-order valence-corrected chi connectivity index (χ4v) is 1.48. The molecule has 4 N–H and O–H groups in total. The average molecular weight is 203 g/mol. The summed E-state index contributed by atoms with van der Waals surface area (Å²) in [6.07, 6.45) is 5.70. The lowest BCUT2D eigenvalue weighted by Crippen LogP contribution is -2.12. The monoisotopic (exact) mass is 203 g/mol. The molecule has 0 aliphatic carbocycles. The van der Waals surface area contributed by atoms with Crippen LogP contribution in [0.25, 0.3) is 0 Å². The molecule has 0 bridgehead atoms. The molecular formula is C11H13N3O. The highest BCUT2D eigenvalue weighted by Crippen LogP contribution is 2.16. The lowest BCUT2D eigenvalue weighted by atomic mass is 10.0. The molecular weight excluding hydrogens is 190 g/mol. The number of nitrogen functional groups attached to an aromatic ring is 1. The summed E-state index contributed by atoms with van der Waals surface area (Å²) in [4.78, 5) is 3.93. The number of hydrogen-bond acceptors (Lipinski definition) is 4. The van der Waals surface area contributed by atoms with E-state index in [4.69, 9.17) is 15.9 Å². The SMILES string of the molecule is Nc1cc(CC(N)c2ccoc2)ccn1. The number of nitrogens with zero attached hydrogens (tertiary/aromatic N) is 1. The minimum atomic E-state index is -0.0643. The van der Waals surface area contributed by atoms with Crippen LogP contribution in [-0.4, -0.2) is 4.98 Å². The maximum absolute atomic E-state index is 6.00. The first-order valence-corrected chi connectivity index (χ1v) is 4.74. The van der Waals surface area contributed by atoms with Crippen LogP contribution in [0, 0.1) is 0 Å². The van der Waals surface area contributed by atoms with Crippen LogP contribution in [0.2, 0.25) is 0 Å². The van der Waals surface area contributed by atoms with Crippen molar-refractivity contribution < 1.29 is 4.42 Å². The second-order valence-electron chi connectivity index (χ2n) is 3.46. The van der Waals surface area contributed by atoms with Crippen molar-refractivity contribution in [3.8, 4) is 0 Å². The molecule has 0 aliphatic rings. The third-order valence-corrected chi connectivity index (χ3v) is 2.27. The maximum atomic E-state index is 6.00. The molecule has 0 aliphatic heterocycles. The van der Waals surface area contributed by atoms with Crippen molar-refractivity contribution in [3.05, 3.63) is 48.0 Å². The van der Waals surface area contributed by atoms with E-state index in [-0.39, 0.29) is 6.04 Å². The van der Waals surface area contributed by atoms with Crippen LogP contribution < -0.4 is 11.5 Å². The normalized spacial score (nSPS) is 12.6. The second kappa shape index (κ2) is 4.14. The number of aromatic nitrogens is 1. The molecule has 15 heavy (non-hydrogen) atoms. The minimum absolute atomic E-state index is 0.0643. The van der Waals surface area contributed by atoms with E-state index < -0.39 is 0 Å². The van der Waals surface area contributed by atoms with Crippen LogP contribution in [0.4, 0.5) is 5.82 Å². The molecule has 0 aromatic carbocycles. The van der Waals surface area contributed by atoms with Crippen molar-refractivity contribution in [1.29, 1.82) is 0 Å². The first-order valence-electron chi connectivity index (χ1n) is 4.74. The predicted molar refractivity (Wildman–Crippen MR) is 58.0 cm³/mol. The fraction of sp³-hybridized carbons (Fsp3) is 0.182. The van der Waals surface area contributed by atoms with Crippen molar-refractivity contribution >= 4 is 5.82 Å². The van der Waals surface area contributed by atoms with Gasteiger partial charge >= 0.3 is 0 Å². The lowest BCUT2D eigenvalue weighted by molar-refractivity contribution is 0.558. The van der Waals surface area contributed by atoms with Crippen LogP contribution in [0.15, 0.2) is 41.3 Å². The summed E-state index contributed by atoms with van der Waals surface area (Å²) in [6, 6.07) is 5.55. The molecule has 2 rings (SSSR count). The molecule has 0 saturated carbocycles. The topological polar surface area (TPSA) is 78.1 Å². The van der Waals surface area contributed by atoms with Crippen molar-refractivity contribution in [1.82, 2.24) is 4.98 Å². The van der Waals surface area contributed by atoms with Crippen molar-refractivity contribution in [2.45, 2.75) is 12.5 Å². The fourth-order valence-electron chi connectivity index (χ4n) is 1.48. The van der Waals surface area contributed by atoms with E-state index in [0.29, 0.717) is 5.82 Å². The van der Waals surface area contributed by atoms with Gasteiger partial charge in [-0.3, -0.25) is 0 Å². The number of furan rings is 1. The Kier molecular flexibility index (Phi) is 2.69. The van der Waals surface area contributed by atoms with Crippen molar-refractivity contribution in [2.24, 2.45) is 5.73 Å². The summed E-state index contributed by atoms with van der Waals surface area (Å²) >= 11 is 0. The van der Waals surface area contributed by atoms with Gasteiger partial charge in [-0.05, 0) is 30.2 Å². The van der Waals surface area contributed by atoms with E-state index in [0.717, 1.165) is 17.5 Å². The van der Waals surface area contributed by atoms with E-state index in [1.54, 1.807) is 18.7 Å². The number of anilines is 1. The molecule has 0 amide bonds. The van der Waals surface area contributed by atoms with E-state index in [9.17, 15) is 0 Å². The molecule has 1 atom stereocenters. The Bertz CT molecular complexity index is 425. The molecule has 0 fully saturated rings. The van der Waals surface area contributed by atoms with Gasteiger partial charge in [0.2, 0.25) is 0 Å². The molecule has 0 radical (unpaired) electrons. The summed E-state index contributed by atoms with van der Waals surface area (Å²) in [7, 11) is 0. The number of hydrogen-bond donors (Lipinski definition) is 2. The zero-order valence-corrected chi connectivity index (χ0v) is 8.26. The predicted octanol–water partition coefficient (Wildman–Crippen LogP) is 1.50. The third kappa shape index (κ3) is 2.35. The number of nitrogens with two attached hydrogens (primary N) is 2. The maximum Gasteiger partial charge on any atom is 0.123 e. The number of pyridine rings is 1. The average Bonchev–Trinajstić information content (AvgIpc) is 2.70. The molecule has 0 spiro atoms. The molecule has 0 saturated heterocycles. The van der Waals surface area contributed by atoms with E-state index in [1.807, 2.05) is 18.2 Å². The molecule has 2 heterocycles. The molecule has 4 nitrogen and oxygen atoms in total. The highest BCUT2D eigenvalue weighted by molar-refractivity contribution is 5.32. The second-order valence-corrected chi connectivity index (χ2v) is 3.46. The summed E-state index contributed by atoms with van der Waals surface area (Å²) in [6.45, 7) is 0. The Labute approximate surface area is 87.9 Å². The van der Waals surface area contributed by atoms with Gasteiger partial charge in [-0.1, -0.05) is 0 Å². The molecule has 2 aromatic rings. The van der Waals surface area contributed by atoms with E-state index in [1.165, 1.54) is 0 Å². The summed E-state index contributed by atoms with van der Waals surface area (Å²) < 4.78 is 4.98. The highest BCUT2D eigenvalue weighted by Gasteiger charge is 2.08. The smallest absolute Gasteiger partial charge is 0.123 e. The Morgan fingerprint density at radius 1 is 1.40 bits per heavy atom. The van der Waals surface area contributed by atoms with Gasteiger partial charge in [0, 0.05) is 17.8 Å². The quantitative estimate of drug-likeness (QED) is 0.792. The van der Waals surface area contributed by atoms with Crippen molar-refractivity contribution in [2.75, 3.05) is 5.73 Å². The van der Waals surface area contributed by atoms with Gasteiger partial charge in [0.1, 0.15) is 5.82 Å². The Balaban J connectivity index is 2.09. The zero-order chi connectivity index (χ0) is 10.7. The van der Waals surface area contributed by atoms with Gasteiger partial charge in [-0.15, -0.1) is 0 Å². The minimum Gasteiger partial charge on any atom is -0.472 e. The van der Waals surface area contributed by atoms with Crippen LogP contribution in [0.5, 0.6) is 0 Å². The van der Waals surface area contributed by atoms with Gasteiger partial charge in [-0.25, -0.2) is 4.98 Å². The van der Waals surface area contributed by atoms with Crippen LogP contribution in [0.3, 0.4) is 0 Å². The zero-order valence-electron chi connectivity index (χ0n) is 8.26. The highest BCUT2D eigenvalue weighted by atomic mass is 16.3. The third-order valence-electron chi connectivity index (χ3n) is 2.27. The first-order chi connectivity index (χ1) is 7.25. The van der Waals surface area contributed by atoms with Gasteiger partial charge in [0.05, 0.1) is 12.5 Å². The largest absolute Gasteiger partial charge is 0.472 e.